The van der Waals surface area contributed by atoms with Crippen molar-refractivity contribution in [3.63, 3.8) is 0 Å². The van der Waals surface area contributed by atoms with Gasteiger partial charge in [0, 0.05) is 0 Å². The molecule has 9 heavy (non-hydrogen) atoms. The summed E-state index contributed by atoms with van der Waals surface area (Å²) < 4.78 is 30.2. The van der Waals surface area contributed by atoms with Gasteiger partial charge in [0.25, 0.3) is 0 Å². The fraction of sp³-hybridized carbons (Fsp3) is 1.00. The van der Waals surface area contributed by atoms with Gasteiger partial charge in [0.2, 0.25) is 0 Å². The second-order valence-corrected chi connectivity index (χ2v) is 4.09. The first-order valence-electron chi connectivity index (χ1n) is 2.63. The molecular weight excluding hydrogens is 191 g/mol. The van der Waals surface area contributed by atoms with Crippen molar-refractivity contribution in [1.82, 2.24) is 0 Å². The van der Waals surface area contributed by atoms with E-state index in [0.717, 1.165) is 0 Å². The Morgan fingerprint density at radius 2 is 2.11 bits per heavy atom. The SMILES string of the molecule is O=[SeH](=O)C1COCCO1. The number of rotatable bonds is 1. The molecule has 1 aliphatic rings. The molecule has 1 atom stereocenters. The predicted octanol–water partition coefficient (Wildman–Crippen LogP) is -0.978. The molecule has 0 radical (unpaired) electrons. The van der Waals surface area contributed by atoms with E-state index < -0.39 is 18.8 Å². The van der Waals surface area contributed by atoms with Crippen molar-refractivity contribution < 1.29 is 17.1 Å². The van der Waals surface area contributed by atoms with Crippen LogP contribution in [0.2, 0.25) is 0 Å². The molecule has 1 aliphatic heterocycles. The molecule has 0 aromatic carbocycles. The minimum absolute atomic E-state index is 0.215. The van der Waals surface area contributed by atoms with E-state index in [2.05, 4.69) is 0 Å². The molecule has 0 saturated carbocycles. The first-order chi connectivity index (χ1) is 4.30. The van der Waals surface area contributed by atoms with Crippen LogP contribution in [-0.2, 0) is 17.1 Å². The van der Waals surface area contributed by atoms with Crippen molar-refractivity contribution in [1.29, 1.82) is 0 Å². The molecule has 1 rings (SSSR count). The van der Waals surface area contributed by atoms with E-state index in [4.69, 9.17) is 9.47 Å². The molecule has 54 valence electrons. The summed E-state index contributed by atoms with van der Waals surface area (Å²) in [6.07, 6.45) is 0. The minimum atomic E-state index is -3.16. The zero-order valence-electron chi connectivity index (χ0n) is 4.78. The normalized spacial score (nSPS) is 28.8. The second-order valence-electron chi connectivity index (χ2n) is 1.69. The van der Waals surface area contributed by atoms with Crippen LogP contribution in [0, 0.1) is 0 Å². The third-order valence-electron chi connectivity index (χ3n) is 1.03. The Bertz CT molecular complexity index is 139. The van der Waals surface area contributed by atoms with Crippen LogP contribution in [0.1, 0.15) is 0 Å². The van der Waals surface area contributed by atoms with Crippen LogP contribution in [0.4, 0.5) is 0 Å². The molecule has 0 amide bonds. The van der Waals surface area contributed by atoms with Gasteiger partial charge in [-0.1, -0.05) is 0 Å². The van der Waals surface area contributed by atoms with Gasteiger partial charge < -0.3 is 0 Å². The Labute approximate surface area is 56.4 Å². The molecule has 1 fully saturated rings. The predicted molar refractivity (Wildman–Crippen MR) is 29.1 cm³/mol. The fourth-order valence-electron chi connectivity index (χ4n) is 0.597. The van der Waals surface area contributed by atoms with Gasteiger partial charge >= 0.3 is 55.7 Å². The van der Waals surface area contributed by atoms with Gasteiger partial charge in [-0.05, 0) is 0 Å². The molecule has 1 unspecified atom stereocenters. The van der Waals surface area contributed by atoms with Gasteiger partial charge in [0.15, 0.2) is 0 Å². The molecular formula is C4H8O4Se. The van der Waals surface area contributed by atoms with Crippen molar-refractivity contribution in [2.75, 3.05) is 19.8 Å². The Kier molecular flexibility index (Phi) is 2.60. The molecule has 1 heterocycles. The summed E-state index contributed by atoms with van der Waals surface area (Å²) >= 11 is -3.16. The Hall–Kier alpha value is 0.0395. The zero-order chi connectivity index (χ0) is 6.69. The number of ether oxygens (including phenoxy) is 2. The van der Waals surface area contributed by atoms with Crippen LogP contribution in [0.25, 0.3) is 0 Å². The summed E-state index contributed by atoms with van der Waals surface area (Å²) in [5.74, 6) is 0. The van der Waals surface area contributed by atoms with Crippen molar-refractivity contribution >= 4 is 13.8 Å². The van der Waals surface area contributed by atoms with Crippen LogP contribution in [0.3, 0.4) is 0 Å². The average Bonchev–Trinajstić information content (AvgIpc) is 1.90. The van der Waals surface area contributed by atoms with Crippen LogP contribution < -0.4 is 0 Å². The van der Waals surface area contributed by atoms with Crippen LogP contribution in [-0.4, -0.2) is 38.6 Å². The maximum atomic E-state index is 10.3. The van der Waals surface area contributed by atoms with Crippen molar-refractivity contribution in [3.05, 3.63) is 0 Å². The van der Waals surface area contributed by atoms with Crippen LogP contribution in [0.5, 0.6) is 0 Å². The molecule has 0 aromatic rings. The summed E-state index contributed by atoms with van der Waals surface area (Å²) in [5, 5.41) is -0.633. The van der Waals surface area contributed by atoms with E-state index in [-0.39, 0.29) is 6.61 Å². The summed E-state index contributed by atoms with van der Waals surface area (Å²) in [5.41, 5.74) is 0. The van der Waals surface area contributed by atoms with E-state index in [1.165, 1.54) is 0 Å². The zero-order valence-corrected chi connectivity index (χ0v) is 6.66. The third kappa shape index (κ3) is 2.02. The van der Waals surface area contributed by atoms with Gasteiger partial charge in [-0.3, -0.25) is 0 Å². The van der Waals surface area contributed by atoms with Gasteiger partial charge in [0.1, 0.15) is 0 Å². The molecule has 0 aromatic heterocycles. The van der Waals surface area contributed by atoms with Crippen molar-refractivity contribution in [3.8, 4) is 0 Å². The molecule has 1 saturated heterocycles. The quantitative estimate of drug-likeness (QED) is 0.509. The van der Waals surface area contributed by atoms with Crippen LogP contribution >= 0.6 is 0 Å². The topological polar surface area (TPSA) is 52.6 Å². The first-order valence-corrected chi connectivity index (χ1v) is 5.25. The molecule has 0 N–H and O–H groups in total. The molecule has 0 spiro atoms. The third-order valence-corrected chi connectivity index (χ3v) is 2.65. The standard InChI is InChI=1S/C4H8O4Se/c5-9(6)4-3-7-1-2-8-4/h4,9H,1-3H2. The number of hydrogen-bond donors (Lipinski definition) is 0. The van der Waals surface area contributed by atoms with Crippen molar-refractivity contribution in [2.45, 2.75) is 5.00 Å². The average molecular weight is 199 g/mol. The van der Waals surface area contributed by atoms with E-state index in [0.29, 0.717) is 13.2 Å². The summed E-state index contributed by atoms with van der Waals surface area (Å²) in [7, 11) is 0. The first kappa shape index (κ1) is 7.15. The second kappa shape index (κ2) is 3.27. The Balaban J connectivity index is 2.40. The molecule has 5 heteroatoms. The Morgan fingerprint density at radius 1 is 1.33 bits per heavy atom. The molecule has 4 nitrogen and oxygen atoms in total. The van der Waals surface area contributed by atoms with Crippen molar-refractivity contribution in [2.24, 2.45) is 0 Å². The molecule has 0 bridgehead atoms. The van der Waals surface area contributed by atoms with Gasteiger partial charge in [-0.15, -0.1) is 0 Å². The molecule has 0 aliphatic carbocycles. The summed E-state index contributed by atoms with van der Waals surface area (Å²) in [6, 6.07) is 0. The van der Waals surface area contributed by atoms with E-state index in [1.54, 1.807) is 0 Å². The van der Waals surface area contributed by atoms with Gasteiger partial charge in [0.05, 0.1) is 0 Å². The Morgan fingerprint density at radius 3 is 2.44 bits per heavy atom. The van der Waals surface area contributed by atoms with Gasteiger partial charge in [-0.25, -0.2) is 0 Å². The van der Waals surface area contributed by atoms with E-state index in [9.17, 15) is 7.67 Å². The van der Waals surface area contributed by atoms with Gasteiger partial charge in [-0.2, -0.15) is 0 Å². The van der Waals surface area contributed by atoms with E-state index >= 15 is 0 Å². The monoisotopic (exact) mass is 200 g/mol. The fourth-order valence-corrected chi connectivity index (χ4v) is 1.55. The summed E-state index contributed by atoms with van der Waals surface area (Å²) in [6.45, 7) is 1.13. The van der Waals surface area contributed by atoms with E-state index in [1.807, 2.05) is 0 Å². The maximum absolute atomic E-state index is 10.3. The summed E-state index contributed by atoms with van der Waals surface area (Å²) in [4.78, 5) is 0. The van der Waals surface area contributed by atoms with Crippen LogP contribution in [0.15, 0.2) is 0 Å². The number of hydrogen-bond acceptors (Lipinski definition) is 4.